The monoisotopic (exact) mass is 469 g/mol. The highest BCUT2D eigenvalue weighted by atomic mass is 127. The van der Waals surface area contributed by atoms with E-state index in [0.717, 1.165) is 9.13 Å². The second kappa shape index (κ2) is 8.24. The molecule has 136 valence electrons. The molecule has 7 heteroatoms. The number of carbonyl (C=O) groups is 2. The number of halogens is 2. The van der Waals surface area contributed by atoms with E-state index in [0.29, 0.717) is 28.8 Å². The Hall–Kier alpha value is -1.84. The maximum atomic E-state index is 14.2. The normalized spacial score (nSPS) is 12.8. The third-order valence-corrected chi connectivity index (χ3v) is 4.85. The van der Waals surface area contributed by atoms with Gasteiger partial charge in [0.25, 0.3) is 5.91 Å². The summed E-state index contributed by atoms with van der Waals surface area (Å²) in [6.45, 7) is 0.0847. The summed E-state index contributed by atoms with van der Waals surface area (Å²) in [6, 6.07) is 8.25. The standard InChI is InChI=1S/C19H17FINO4/c20-17-8-14(21)2-1-11(17)5-12-6-16-13(9-22-19(16)25)7-15(12)18(24)10-26-4-3-23/h1-2,6-8,23H,3-5,9-10H2,(H,22,25). The lowest BCUT2D eigenvalue weighted by Crippen LogP contribution is -2.15. The van der Waals surface area contributed by atoms with Gasteiger partial charge in [-0.05, 0) is 63.5 Å². The zero-order chi connectivity index (χ0) is 18.7. The van der Waals surface area contributed by atoms with Crippen LogP contribution in [0.5, 0.6) is 0 Å². The first kappa shape index (κ1) is 18.9. The SMILES string of the molecule is O=C(COCCO)c1cc2c(cc1Cc1ccc(I)cc1F)C(=O)NC2. The lowest BCUT2D eigenvalue weighted by molar-refractivity contribution is 0.0663. The maximum Gasteiger partial charge on any atom is 0.251 e. The predicted molar refractivity (Wildman–Crippen MR) is 102 cm³/mol. The first-order chi connectivity index (χ1) is 12.5. The summed E-state index contributed by atoms with van der Waals surface area (Å²) in [5.41, 5.74) is 2.70. The van der Waals surface area contributed by atoms with Crippen molar-refractivity contribution in [1.82, 2.24) is 5.32 Å². The summed E-state index contributed by atoms with van der Waals surface area (Å²) in [7, 11) is 0. The number of Topliss-reactive ketones (excluding diaryl/α,β-unsaturated/α-hetero) is 1. The first-order valence-electron chi connectivity index (χ1n) is 8.09. The minimum Gasteiger partial charge on any atom is -0.394 e. The van der Waals surface area contributed by atoms with Gasteiger partial charge in [0.15, 0.2) is 5.78 Å². The Kier molecular flexibility index (Phi) is 6.00. The van der Waals surface area contributed by atoms with Gasteiger partial charge in [-0.1, -0.05) is 6.07 Å². The van der Waals surface area contributed by atoms with E-state index in [1.54, 1.807) is 24.3 Å². The largest absolute Gasteiger partial charge is 0.394 e. The molecule has 0 unspecified atom stereocenters. The van der Waals surface area contributed by atoms with Crippen molar-refractivity contribution in [2.75, 3.05) is 19.8 Å². The number of fused-ring (bicyclic) bond motifs is 1. The molecule has 1 amide bonds. The van der Waals surface area contributed by atoms with Crippen LogP contribution < -0.4 is 5.32 Å². The summed E-state index contributed by atoms with van der Waals surface area (Å²) in [5.74, 6) is -0.807. The zero-order valence-electron chi connectivity index (χ0n) is 13.9. The number of rotatable bonds is 7. The summed E-state index contributed by atoms with van der Waals surface area (Å²) in [4.78, 5) is 24.5. The number of ketones is 1. The summed E-state index contributed by atoms with van der Waals surface area (Å²) in [5, 5.41) is 11.5. The predicted octanol–water partition coefficient (Wildman–Crippen LogP) is 2.46. The Balaban J connectivity index is 1.97. The second-order valence-corrected chi connectivity index (χ2v) is 7.21. The van der Waals surface area contributed by atoms with Crippen molar-refractivity contribution in [3.63, 3.8) is 0 Å². The summed E-state index contributed by atoms with van der Waals surface area (Å²) in [6.07, 6.45) is 0.199. The van der Waals surface area contributed by atoms with Crippen LogP contribution in [0.4, 0.5) is 4.39 Å². The van der Waals surface area contributed by atoms with Crippen LogP contribution in [0.15, 0.2) is 30.3 Å². The van der Waals surface area contributed by atoms with Crippen molar-refractivity contribution in [1.29, 1.82) is 0 Å². The molecule has 0 bridgehead atoms. The molecule has 0 atom stereocenters. The van der Waals surface area contributed by atoms with Crippen molar-refractivity contribution in [3.8, 4) is 0 Å². The van der Waals surface area contributed by atoms with Gasteiger partial charge in [0.2, 0.25) is 0 Å². The van der Waals surface area contributed by atoms with Crippen LogP contribution in [0.2, 0.25) is 0 Å². The molecule has 2 N–H and O–H groups in total. The third kappa shape index (κ3) is 4.11. The van der Waals surface area contributed by atoms with Crippen LogP contribution >= 0.6 is 22.6 Å². The Morgan fingerprint density at radius 2 is 2.08 bits per heavy atom. The molecular formula is C19H17FINO4. The first-order valence-corrected chi connectivity index (χ1v) is 9.17. The Labute approximate surface area is 163 Å². The number of ether oxygens (including phenoxy) is 1. The van der Waals surface area contributed by atoms with Crippen LogP contribution in [0.25, 0.3) is 0 Å². The number of benzene rings is 2. The highest BCUT2D eigenvalue weighted by molar-refractivity contribution is 14.1. The maximum absolute atomic E-state index is 14.2. The fourth-order valence-corrected chi connectivity index (χ4v) is 3.35. The van der Waals surface area contributed by atoms with E-state index in [-0.39, 0.29) is 43.7 Å². The molecule has 5 nitrogen and oxygen atoms in total. The van der Waals surface area contributed by atoms with Gasteiger partial charge < -0.3 is 15.2 Å². The van der Waals surface area contributed by atoms with Gasteiger partial charge in [0.1, 0.15) is 12.4 Å². The number of aliphatic hydroxyl groups is 1. The molecule has 0 spiro atoms. The highest BCUT2D eigenvalue weighted by Gasteiger charge is 2.24. The summed E-state index contributed by atoms with van der Waals surface area (Å²) < 4.78 is 20.2. The molecule has 2 aromatic carbocycles. The molecule has 2 aromatic rings. The van der Waals surface area contributed by atoms with Crippen molar-refractivity contribution in [2.45, 2.75) is 13.0 Å². The number of amides is 1. The van der Waals surface area contributed by atoms with Crippen LogP contribution in [0, 0.1) is 9.39 Å². The molecule has 1 aliphatic rings. The van der Waals surface area contributed by atoms with Crippen LogP contribution in [0.1, 0.15) is 37.4 Å². The van der Waals surface area contributed by atoms with Gasteiger partial charge in [0.05, 0.1) is 13.2 Å². The van der Waals surface area contributed by atoms with E-state index in [2.05, 4.69) is 5.32 Å². The molecule has 1 heterocycles. The second-order valence-electron chi connectivity index (χ2n) is 5.96. The van der Waals surface area contributed by atoms with Gasteiger partial charge in [-0.2, -0.15) is 0 Å². The van der Waals surface area contributed by atoms with E-state index in [9.17, 15) is 14.0 Å². The van der Waals surface area contributed by atoms with Gasteiger partial charge in [-0.15, -0.1) is 0 Å². The number of hydrogen-bond donors (Lipinski definition) is 2. The van der Waals surface area contributed by atoms with Crippen molar-refractivity contribution >= 4 is 34.3 Å². The molecule has 3 rings (SSSR count). The zero-order valence-corrected chi connectivity index (χ0v) is 16.0. The topological polar surface area (TPSA) is 75.6 Å². The lowest BCUT2D eigenvalue weighted by atomic mass is 9.93. The molecule has 0 radical (unpaired) electrons. The van der Waals surface area contributed by atoms with Crippen molar-refractivity contribution in [2.24, 2.45) is 0 Å². The van der Waals surface area contributed by atoms with E-state index < -0.39 is 0 Å². The van der Waals surface area contributed by atoms with Gasteiger partial charge in [0, 0.05) is 27.7 Å². The average Bonchev–Trinajstić information content (AvgIpc) is 2.97. The molecular weight excluding hydrogens is 452 g/mol. The van der Waals surface area contributed by atoms with Gasteiger partial charge in [-0.3, -0.25) is 9.59 Å². The van der Waals surface area contributed by atoms with E-state index in [1.807, 2.05) is 22.6 Å². The van der Waals surface area contributed by atoms with Crippen LogP contribution in [-0.4, -0.2) is 36.6 Å². The Morgan fingerprint density at radius 1 is 1.27 bits per heavy atom. The quantitative estimate of drug-likeness (QED) is 0.371. The minimum absolute atomic E-state index is 0.0673. The fourth-order valence-electron chi connectivity index (χ4n) is 2.90. The molecule has 0 saturated heterocycles. The van der Waals surface area contributed by atoms with Gasteiger partial charge >= 0.3 is 0 Å². The molecule has 26 heavy (non-hydrogen) atoms. The summed E-state index contributed by atoms with van der Waals surface area (Å²) >= 11 is 2.03. The molecule has 0 aromatic heterocycles. The van der Waals surface area contributed by atoms with Crippen LogP contribution in [-0.2, 0) is 17.7 Å². The third-order valence-electron chi connectivity index (χ3n) is 4.18. The number of nitrogens with one attached hydrogen (secondary N) is 1. The molecule has 0 aliphatic carbocycles. The van der Waals surface area contributed by atoms with E-state index in [1.165, 1.54) is 6.07 Å². The molecule has 1 aliphatic heterocycles. The van der Waals surface area contributed by atoms with Crippen molar-refractivity contribution < 1.29 is 23.8 Å². The number of hydrogen-bond acceptors (Lipinski definition) is 4. The average molecular weight is 469 g/mol. The van der Waals surface area contributed by atoms with Crippen molar-refractivity contribution in [3.05, 3.63) is 67.5 Å². The van der Waals surface area contributed by atoms with E-state index >= 15 is 0 Å². The Bertz CT molecular complexity index is 869. The van der Waals surface area contributed by atoms with E-state index in [4.69, 9.17) is 9.84 Å². The number of carbonyl (C=O) groups excluding carboxylic acids is 2. The fraction of sp³-hybridized carbons (Fsp3) is 0.263. The highest BCUT2D eigenvalue weighted by Crippen LogP contribution is 2.25. The smallest absolute Gasteiger partial charge is 0.251 e. The lowest BCUT2D eigenvalue weighted by Gasteiger charge is -2.12. The Morgan fingerprint density at radius 3 is 2.81 bits per heavy atom. The number of aliphatic hydroxyl groups excluding tert-OH is 1. The van der Waals surface area contributed by atoms with Crippen LogP contribution in [0.3, 0.4) is 0 Å². The minimum atomic E-state index is -0.350. The molecule has 0 saturated carbocycles. The molecule has 0 fully saturated rings. The van der Waals surface area contributed by atoms with Gasteiger partial charge in [-0.25, -0.2) is 4.39 Å².